The van der Waals surface area contributed by atoms with E-state index in [-0.39, 0.29) is 23.8 Å². The second kappa shape index (κ2) is 8.04. The summed E-state index contributed by atoms with van der Waals surface area (Å²) in [5.74, 6) is -0.463. The third-order valence-corrected chi connectivity index (χ3v) is 5.58. The molecule has 144 valence electrons. The first kappa shape index (κ1) is 19.3. The molecule has 5 nitrogen and oxygen atoms in total. The molecule has 27 heavy (non-hydrogen) atoms. The minimum Gasteiger partial charge on any atom is -0.493 e. The molecule has 0 aromatic heterocycles. The molecule has 0 saturated carbocycles. The van der Waals surface area contributed by atoms with Crippen LogP contribution in [0.5, 0.6) is 17.2 Å². The number of carbonyl (C=O) groups excluding carboxylic acids is 1. The van der Waals surface area contributed by atoms with Gasteiger partial charge in [-0.1, -0.05) is 12.1 Å². The van der Waals surface area contributed by atoms with Gasteiger partial charge in [-0.05, 0) is 18.2 Å². The highest BCUT2D eigenvalue weighted by atomic mass is 32.2. The van der Waals surface area contributed by atoms with E-state index in [9.17, 15) is 13.6 Å². The fraction of sp³-hybridized carbons (Fsp3) is 0.316. The Morgan fingerprint density at radius 3 is 2.48 bits per heavy atom. The number of halogens is 2. The van der Waals surface area contributed by atoms with Gasteiger partial charge in [0, 0.05) is 11.1 Å². The fourth-order valence-corrected chi connectivity index (χ4v) is 4.26. The number of hydrogen-bond acceptors (Lipinski definition) is 5. The maximum absolute atomic E-state index is 14.1. The molecule has 1 atom stereocenters. The van der Waals surface area contributed by atoms with Gasteiger partial charge in [0.05, 0.1) is 33.6 Å². The largest absolute Gasteiger partial charge is 0.493 e. The molecule has 0 radical (unpaired) electrons. The molecule has 8 heteroatoms. The van der Waals surface area contributed by atoms with Gasteiger partial charge >= 0.3 is 0 Å². The van der Waals surface area contributed by atoms with Crippen molar-refractivity contribution in [2.24, 2.45) is 0 Å². The minimum atomic E-state index is -0.944. The van der Waals surface area contributed by atoms with Gasteiger partial charge in [0.1, 0.15) is 5.37 Å². The molecule has 1 unspecified atom stereocenters. The Bertz CT molecular complexity index is 862. The smallest absolute Gasteiger partial charge is 0.234 e. The van der Waals surface area contributed by atoms with Gasteiger partial charge in [0.25, 0.3) is 0 Å². The van der Waals surface area contributed by atoms with E-state index in [0.717, 1.165) is 6.07 Å². The van der Waals surface area contributed by atoms with Crippen LogP contribution >= 0.6 is 11.8 Å². The lowest BCUT2D eigenvalue weighted by Crippen LogP contribution is -2.28. The predicted octanol–water partition coefficient (Wildman–Crippen LogP) is 3.76. The van der Waals surface area contributed by atoms with E-state index in [1.807, 2.05) is 0 Å². The van der Waals surface area contributed by atoms with Crippen LogP contribution in [-0.2, 0) is 11.3 Å². The number of ether oxygens (including phenoxy) is 3. The Labute approximate surface area is 160 Å². The van der Waals surface area contributed by atoms with Crippen molar-refractivity contribution in [2.45, 2.75) is 11.9 Å². The van der Waals surface area contributed by atoms with E-state index in [4.69, 9.17) is 14.2 Å². The van der Waals surface area contributed by atoms with Crippen LogP contribution in [-0.4, -0.2) is 37.9 Å². The highest BCUT2D eigenvalue weighted by molar-refractivity contribution is 8.00. The Hall–Kier alpha value is -2.48. The number of benzene rings is 2. The van der Waals surface area contributed by atoms with Crippen LogP contribution < -0.4 is 14.2 Å². The van der Waals surface area contributed by atoms with E-state index in [2.05, 4.69) is 0 Å². The number of amides is 1. The minimum absolute atomic E-state index is 0.0441. The van der Waals surface area contributed by atoms with Crippen LogP contribution in [0.3, 0.4) is 0 Å². The number of methoxy groups -OCH3 is 3. The van der Waals surface area contributed by atoms with Crippen molar-refractivity contribution in [1.82, 2.24) is 4.90 Å². The van der Waals surface area contributed by atoms with E-state index in [1.54, 1.807) is 12.1 Å². The van der Waals surface area contributed by atoms with Gasteiger partial charge in [-0.3, -0.25) is 4.79 Å². The molecular formula is C19H19F2NO4S. The van der Waals surface area contributed by atoms with Gasteiger partial charge in [-0.15, -0.1) is 11.8 Å². The van der Waals surface area contributed by atoms with Crippen molar-refractivity contribution < 1.29 is 27.8 Å². The van der Waals surface area contributed by atoms with Crippen molar-refractivity contribution in [2.75, 3.05) is 27.1 Å². The molecule has 0 bridgehead atoms. The second-order valence-electron chi connectivity index (χ2n) is 5.82. The number of nitrogens with zero attached hydrogens (tertiary/aromatic N) is 1. The molecule has 0 aliphatic carbocycles. The molecular weight excluding hydrogens is 376 g/mol. The van der Waals surface area contributed by atoms with Crippen LogP contribution in [0.4, 0.5) is 8.78 Å². The lowest BCUT2D eigenvalue weighted by molar-refractivity contribution is -0.128. The van der Waals surface area contributed by atoms with Gasteiger partial charge < -0.3 is 19.1 Å². The van der Waals surface area contributed by atoms with Gasteiger partial charge in [-0.25, -0.2) is 8.78 Å². The Kier molecular flexibility index (Phi) is 5.74. The summed E-state index contributed by atoms with van der Waals surface area (Å²) in [7, 11) is 4.51. The second-order valence-corrected chi connectivity index (χ2v) is 6.89. The van der Waals surface area contributed by atoms with Gasteiger partial charge in [0.15, 0.2) is 23.1 Å². The number of thioether (sulfide) groups is 1. The average Bonchev–Trinajstić information content (AvgIpc) is 3.04. The number of hydrogen-bond donors (Lipinski definition) is 0. The molecule has 2 aromatic rings. The van der Waals surface area contributed by atoms with Crippen molar-refractivity contribution in [1.29, 1.82) is 0 Å². The Balaban J connectivity index is 2.00. The standard InChI is InChI=1S/C19H19F2NO4S/c1-24-14-8-7-12(17(25-2)18(14)26-3)19-22(15(23)10-27-19)9-11-5-4-6-13(20)16(11)21/h4-8,19H,9-10H2,1-3H3. The molecule has 3 rings (SSSR count). The molecule has 0 spiro atoms. The highest BCUT2D eigenvalue weighted by Gasteiger charge is 2.36. The summed E-state index contributed by atoms with van der Waals surface area (Å²) in [6, 6.07) is 7.45. The first-order chi connectivity index (χ1) is 13.0. The molecule has 2 aromatic carbocycles. The highest BCUT2D eigenvalue weighted by Crippen LogP contribution is 2.49. The van der Waals surface area contributed by atoms with Crippen molar-refractivity contribution in [3.8, 4) is 17.2 Å². The van der Waals surface area contributed by atoms with Crippen molar-refractivity contribution in [3.05, 3.63) is 53.1 Å². The Morgan fingerprint density at radius 2 is 1.81 bits per heavy atom. The summed E-state index contributed by atoms with van der Waals surface area (Å²) < 4.78 is 43.8. The molecule has 1 aliphatic heterocycles. The van der Waals surface area contributed by atoms with Crippen LogP contribution in [0.2, 0.25) is 0 Å². The fourth-order valence-electron chi connectivity index (χ4n) is 3.06. The van der Waals surface area contributed by atoms with E-state index in [1.165, 1.54) is 50.1 Å². The van der Waals surface area contributed by atoms with E-state index >= 15 is 0 Å². The molecule has 1 aliphatic rings. The zero-order valence-corrected chi connectivity index (χ0v) is 15.9. The maximum atomic E-state index is 14.1. The number of carbonyl (C=O) groups is 1. The van der Waals surface area contributed by atoms with E-state index < -0.39 is 17.0 Å². The zero-order chi connectivity index (χ0) is 19.6. The SMILES string of the molecule is COc1ccc(C2SCC(=O)N2Cc2cccc(F)c2F)c(OC)c1OC. The summed E-state index contributed by atoms with van der Waals surface area (Å²) in [5.41, 5.74) is 0.818. The van der Waals surface area contributed by atoms with Crippen molar-refractivity contribution in [3.63, 3.8) is 0 Å². The zero-order valence-electron chi connectivity index (χ0n) is 15.1. The van der Waals surface area contributed by atoms with E-state index in [0.29, 0.717) is 22.8 Å². The molecule has 1 heterocycles. The van der Waals surface area contributed by atoms with Gasteiger partial charge in [-0.2, -0.15) is 0 Å². The summed E-state index contributed by atoms with van der Waals surface area (Å²) in [4.78, 5) is 13.9. The maximum Gasteiger partial charge on any atom is 0.234 e. The normalized spacial score (nSPS) is 16.6. The van der Waals surface area contributed by atoms with Crippen LogP contribution in [0.1, 0.15) is 16.5 Å². The Morgan fingerprint density at radius 1 is 1.07 bits per heavy atom. The summed E-state index contributed by atoms with van der Waals surface area (Å²) in [6.07, 6.45) is 0. The molecule has 1 saturated heterocycles. The first-order valence-corrected chi connectivity index (χ1v) is 9.19. The number of rotatable bonds is 6. The predicted molar refractivity (Wildman–Crippen MR) is 98.2 cm³/mol. The quantitative estimate of drug-likeness (QED) is 0.745. The van der Waals surface area contributed by atoms with Crippen molar-refractivity contribution >= 4 is 17.7 Å². The molecule has 1 fully saturated rings. The first-order valence-electron chi connectivity index (χ1n) is 8.14. The van der Waals surface area contributed by atoms with Crippen LogP contribution in [0.15, 0.2) is 30.3 Å². The van der Waals surface area contributed by atoms with Crippen LogP contribution in [0, 0.1) is 11.6 Å². The monoisotopic (exact) mass is 395 g/mol. The average molecular weight is 395 g/mol. The third-order valence-electron chi connectivity index (χ3n) is 4.34. The van der Waals surface area contributed by atoms with Crippen LogP contribution in [0.25, 0.3) is 0 Å². The summed E-state index contributed by atoms with van der Waals surface area (Å²) >= 11 is 1.39. The molecule has 0 N–H and O–H groups in total. The lowest BCUT2D eigenvalue weighted by atomic mass is 10.1. The summed E-state index contributed by atoms with van der Waals surface area (Å²) in [5, 5.41) is -0.421. The summed E-state index contributed by atoms with van der Waals surface area (Å²) in [6.45, 7) is -0.0441. The topological polar surface area (TPSA) is 48.0 Å². The lowest BCUT2D eigenvalue weighted by Gasteiger charge is -2.27. The van der Waals surface area contributed by atoms with Gasteiger partial charge in [0.2, 0.25) is 11.7 Å². The molecule has 1 amide bonds. The third kappa shape index (κ3) is 3.53.